The van der Waals surface area contributed by atoms with Crippen LogP contribution in [0.2, 0.25) is 0 Å². The molecule has 0 saturated carbocycles. The Morgan fingerprint density at radius 3 is 2.31 bits per heavy atom. The number of carbonyl (C=O) groups is 2. The summed E-state index contributed by atoms with van der Waals surface area (Å²) in [5, 5.41) is 5.12. The first kappa shape index (κ1) is 14.8. The molecule has 0 aliphatic carbocycles. The van der Waals surface area contributed by atoms with E-state index in [1.807, 2.05) is 13.8 Å². The van der Waals surface area contributed by atoms with Crippen LogP contribution in [0.1, 0.15) is 20.3 Å². The standard InChI is InChI=1S/C10H19N3O2S/c1-6(2)8(9(11)16)10(15)13-5-4-7(14)12-3/h6,8H,4-5H2,1-3H3,(H2,11,16)(H,12,14)(H,13,15). The zero-order valence-corrected chi connectivity index (χ0v) is 10.7. The molecular weight excluding hydrogens is 226 g/mol. The molecule has 0 saturated heterocycles. The third kappa shape index (κ3) is 5.06. The Balaban J connectivity index is 4.13. The van der Waals surface area contributed by atoms with E-state index in [1.54, 1.807) is 7.05 Å². The van der Waals surface area contributed by atoms with Crippen LogP contribution >= 0.6 is 12.2 Å². The number of thiocarbonyl (C=S) groups is 1. The van der Waals surface area contributed by atoms with Crippen molar-refractivity contribution in [2.75, 3.05) is 13.6 Å². The van der Waals surface area contributed by atoms with E-state index in [4.69, 9.17) is 18.0 Å². The fourth-order valence-corrected chi connectivity index (χ4v) is 1.67. The highest BCUT2D eigenvalue weighted by atomic mass is 32.1. The molecule has 0 radical (unpaired) electrons. The van der Waals surface area contributed by atoms with Gasteiger partial charge >= 0.3 is 0 Å². The number of nitrogens with one attached hydrogen (secondary N) is 2. The number of hydrogen-bond acceptors (Lipinski definition) is 3. The molecule has 0 aliphatic heterocycles. The highest BCUT2D eigenvalue weighted by Gasteiger charge is 2.24. The fourth-order valence-electron chi connectivity index (χ4n) is 1.29. The molecule has 0 bridgehead atoms. The summed E-state index contributed by atoms with van der Waals surface area (Å²) in [6, 6.07) is 0. The van der Waals surface area contributed by atoms with Crippen molar-refractivity contribution in [3.63, 3.8) is 0 Å². The summed E-state index contributed by atoms with van der Waals surface area (Å²) < 4.78 is 0. The molecular formula is C10H19N3O2S. The van der Waals surface area contributed by atoms with Crippen LogP contribution in [0.4, 0.5) is 0 Å². The van der Waals surface area contributed by atoms with E-state index in [0.717, 1.165) is 0 Å². The zero-order valence-electron chi connectivity index (χ0n) is 9.87. The second-order valence-corrected chi connectivity index (χ2v) is 4.31. The monoisotopic (exact) mass is 245 g/mol. The molecule has 0 fully saturated rings. The number of amides is 2. The summed E-state index contributed by atoms with van der Waals surface area (Å²) in [6.45, 7) is 4.05. The first-order valence-electron chi connectivity index (χ1n) is 5.17. The molecule has 1 atom stereocenters. The van der Waals surface area contributed by atoms with E-state index >= 15 is 0 Å². The second kappa shape index (κ2) is 7.16. The lowest BCUT2D eigenvalue weighted by Crippen LogP contribution is -2.41. The van der Waals surface area contributed by atoms with Gasteiger partial charge in [0.15, 0.2) is 0 Å². The van der Waals surface area contributed by atoms with E-state index < -0.39 is 5.92 Å². The topological polar surface area (TPSA) is 84.2 Å². The maximum absolute atomic E-state index is 11.7. The van der Waals surface area contributed by atoms with Crippen molar-refractivity contribution < 1.29 is 9.59 Å². The number of hydrogen-bond donors (Lipinski definition) is 3. The molecule has 5 nitrogen and oxygen atoms in total. The minimum atomic E-state index is -0.473. The maximum Gasteiger partial charge on any atom is 0.230 e. The Morgan fingerprint density at radius 1 is 1.38 bits per heavy atom. The molecule has 92 valence electrons. The zero-order chi connectivity index (χ0) is 12.7. The van der Waals surface area contributed by atoms with Crippen molar-refractivity contribution in [3.05, 3.63) is 0 Å². The Hall–Kier alpha value is -1.17. The van der Waals surface area contributed by atoms with Crippen molar-refractivity contribution in [1.29, 1.82) is 0 Å². The Bertz CT molecular complexity index is 279. The van der Waals surface area contributed by atoms with E-state index in [2.05, 4.69) is 10.6 Å². The minimum Gasteiger partial charge on any atom is -0.393 e. The fraction of sp³-hybridized carbons (Fsp3) is 0.700. The van der Waals surface area contributed by atoms with Crippen LogP contribution < -0.4 is 16.4 Å². The summed E-state index contributed by atoms with van der Waals surface area (Å²) >= 11 is 4.83. The van der Waals surface area contributed by atoms with Gasteiger partial charge in [-0.2, -0.15) is 0 Å². The lowest BCUT2D eigenvalue weighted by molar-refractivity contribution is -0.124. The van der Waals surface area contributed by atoms with Crippen LogP contribution in [0.25, 0.3) is 0 Å². The van der Waals surface area contributed by atoms with Crippen molar-refractivity contribution >= 4 is 29.0 Å². The lowest BCUT2D eigenvalue weighted by Gasteiger charge is -2.18. The van der Waals surface area contributed by atoms with Gasteiger partial charge in [-0.3, -0.25) is 9.59 Å². The molecule has 0 spiro atoms. The summed E-state index contributed by atoms with van der Waals surface area (Å²) in [5.41, 5.74) is 5.49. The molecule has 0 heterocycles. The van der Waals surface area contributed by atoms with Crippen LogP contribution in [-0.2, 0) is 9.59 Å². The van der Waals surface area contributed by atoms with Gasteiger partial charge in [-0.25, -0.2) is 0 Å². The highest BCUT2D eigenvalue weighted by molar-refractivity contribution is 7.80. The first-order valence-corrected chi connectivity index (χ1v) is 5.58. The largest absolute Gasteiger partial charge is 0.393 e. The maximum atomic E-state index is 11.7. The minimum absolute atomic E-state index is 0.0532. The van der Waals surface area contributed by atoms with Crippen molar-refractivity contribution in [2.45, 2.75) is 20.3 Å². The van der Waals surface area contributed by atoms with Crippen molar-refractivity contribution in [2.24, 2.45) is 17.6 Å². The van der Waals surface area contributed by atoms with Crippen LogP contribution in [0.3, 0.4) is 0 Å². The quantitative estimate of drug-likeness (QED) is 0.566. The molecule has 0 aromatic heterocycles. The third-order valence-electron chi connectivity index (χ3n) is 2.19. The summed E-state index contributed by atoms with van der Waals surface area (Å²) in [4.78, 5) is 22.8. The van der Waals surface area contributed by atoms with E-state index in [-0.39, 0.29) is 29.1 Å². The lowest BCUT2D eigenvalue weighted by atomic mass is 9.95. The molecule has 4 N–H and O–H groups in total. The molecule has 6 heteroatoms. The van der Waals surface area contributed by atoms with E-state index in [9.17, 15) is 9.59 Å². The second-order valence-electron chi connectivity index (χ2n) is 3.84. The average molecular weight is 245 g/mol. The van der Waals surface area contributed by atoms with Gasteiger partial charge < -0.3 is 16.4 Å². The Labute approximate surface area is 101 Å². The summed E-state index contributed by atoms with van der Waals surface area (Å²) in [7, 11) is 1.55. The Morgan fingerprint density at radius 2 is 1.94 bits per heavy atom. The van der Waals surface area contributed by atoms with Crippen LogP contribution in [-0.4, -0.2) is 30.4 Å². The first-order chi connectivity index (χ1) is 7.40. The average Bonchev–Trinajstić information content (AvgIpc) is 2.16. The van der Waals surface area contributed by atoms with Gasteiger partial charge in [0.1, 0.15) is 0 Å². The molecule has 0 aliphatic rings. The van der Waals surface area contributed by atoms with Gasteiger partial charge in [0.05, 0.1) is 10.9 Å². The van der Waals surface area contributed by atoms with Gasteiger partial charge in [0, 0.05) is 20.0 Å². The SMILES string of the molecule is CNC(=O)CCNC(=O)C(C(N)=S)C(C)C. The third-order valence-corrected chi connectivity index (χ3v) is 2.44. The predicted octanol–water partition coefficient (Wildman–Crippen LogP) is -0.203. The van der Waals surface area contributed by atoms with Crippen LogP contribution in [0.15, 0.2) is 0 Å². The van der Waals surface area contributed by atoms with Gasteiger partial charge in [0.25, 0.3) is 0 Å². The molecule has 16 heavy (non-hydrogen) atoms. The van der Waals surface area contributed by atoms with Gasteiger partial charge in [-0.15, -0.1) is 0 Å². The molecule has 0 rings (SSSR count). The van der Waals surface area contributed by atoms with Crippen LogP contribution in [0, 0.1) is 11.8 Å². The molecule has 0 aromatic carbocycles. The molecule has 2 amide bonds. The number of rotatable bonds is 6. The number of nitrogens with two attached hydrogens (primary N) is 1. The number of carbonyl (C=O) groups excluding carboxylic acids is 2. The normalized spacial score (nSPS) is 12.0. The Kier molecular flexibility index (Phi) is 6.64. The summed E-state index contributed by atoms with van der Waals surface area (Å²) in [5.74, 6) is -0.750. The van der Waals surface area contributed by atoms with E-state index in [0.29, 0.717) is 6.54 Å². The molecule has 0 aromatic rings. The van der Waals surface area contributed by atoms with Gasteiger partial charge in [-0.1, -0.05) is 26.1 Å². The van der Waals surface area contributed by atoms with Crippen LogP contribution in [0.5, 0.6) is 0 Å². The van der Waals surface area contributed by atoms with Gasteiger partial charge in [-0.05, 0) is 5.92 Å². The summed E-state index contributed by atoms with van der Waals surface area (Å²) in [6.07, 6.45) is 0.254. The highest BCUT2D eigenvalue weighted by Crippen LogP contribution is 2.11. The van der Waals surface area contributed by atoms with Crippen molar-refractivity contribution in [1.82, 2.24) is 10.6 Å². The predicted molar refractivity (Wildman–Crippen MR) is 66.8 cm³/mol. The van der Waals surface area contributed by atoms with Gasteiger partial charge in [0.2, 0.25) is 11.8 Å². The molecule has 1 unspecified atom stereocenters. The van der Waals surface area contributed by atoms with E-state index in [1.165, 1.54) is 0 Å². The van der Waals surface area contributed by atoms with Crippen molar-refractivity contribution in [3.8, 4) is 0 Å². The smallest absolute Gasteiger partial charge is 0.230 e.